The fourth-order valence-electron chi connectivity index (χ4n) is 2.26. The van der Waals surface area contributed by atoms with Crippen LogP contribution in [0.15, 0.2) is 47.6 Å². The molecule has 0 amide bonds. The van der Waals surface area contributed by atoms with Gasteiger partial charge in [-0.15, -0.1) is 5.10 Å². The predicted molar refractivity (Wildman–Crippen MR) is 84.6 cm³/mol. The van der Waals surface area contributed by atoms with Crippen molar-refractivity contribution >= 4 is 11.8 Å². The number of nitrogens with zero attached hydrogens (tertiary/aromatic N) is 4. The highest BCUT2D eigenvalue weighted by atomic mass is 32.2. The van der Waals surface area contributed by atoms with Gasteiger partial charge in [-0.05, 0) is 59.2 Å². The van der Waals surface area contributed by atoms with Crippen molar-refractivity contribution in [2.45, 2.75) is 24.8 Å². The van der Waals surface area contributed by atoms with E-state index >= 15 is 0 Å². The zero-order valence-electron chi connectivity index (χ0n) is 12.3. The second kappa shape index (κ2) is 6.27. The fraction of sp³-hybridized carbons (Fsp3) is 0.188. The van der Waals surface area contributed by atoms with Gasteiger partial charge in [0, 0.05) is 5.75 Å². The molecule has 0 unspecified atom stereocenters. The van der Waals surface area contributed by atoms with Crippen LogP contribution in [0.2, 0.25) is 0 Å². The molecule has 0 saturated heterocycles. The number of tetrazole rings is 1. The molecule has 22 heavy (non-hydrogen) atoms. The van der Waals surface area contributed by atoms with E-state index in [-0.39, 0.29) is 5.82 Å². The summed E-state index contributed by atoms with van der Waals surface area (Å²) >= 11 is 1.41. The lowest BCUT2D eigenvalue weighted by atomic mass is 10.1. The summed E-state index contributed by atoms with van der Waals surface area (Å²) in [6.45, 7) is 4.07. The Balaban J connectivity index is 1.85. The van der Waals surface area contributed by atoms with E-state index in [4.69, 9.17) is 0 Å². The molecular weight excluding hydrogens is 299 g/mol. The molecule has 2 aromatic carbocycles. The molecule has 112 valence electrons. The van der Waals surface area contributed by atoms with E-state index in [1.54, 1.807) is 16.8 Å². The van der Waals surface area contributed by atoms with Gasteiger partial charge in [0.2, 0.25) is 5.16 Å². The summed E-state index contributed by atoms with van der Waals surface area (Å²) in [6.07, 6.45) is 0. The predicted octanol–water partition coefficient (Wildman–Crippen LogP) is 3.71. The monoisotopic (exact) mass is 314 g/mol. The van der Waals surface area contributed by atoms with E-state index in [0.29, 0.717) is 16.5 Å². The molecule has 1 heterocycles. The van der Waals surface area contributed by atoms with E-state index in [0.717, 1.165) is 16.8 Å². The van der Waals surface area contributed by atoms with Gasteiger partial charge in [0.25, 0.3) is 0 Å². The average molecular weight is 314 g/mol. The summed E-state index contributed by atoms with van der Waals surface area (Å²) < 4.78 is 15.4. The van der Waals surface area contributed by atoms with Gasteiger partial charge in [-0.2, -0.15) is 4.68 Å². The number of rotatable bonds is 4. The highest BCUT2D eigenvalue weighted by molar-refractivity contribution is 7.98. The van der Waals surface area contributed by atoms with Crippen molar-refractivity contribution in [3.63, 3.8) is 0 Å². The Morgan fingerprint density at radius 2 is 1.82 bits per heavy atom. The molecule has 0 fully saturated rings. The maximum absolute atomic E-state index is 13.7. The Bertz CT molecular complexity index is 780. The highest BCUT2D eigenvalue weighted by Gasteiger charge is 2.11. The van der Waals surface area contributed by atoms with Gasteiger partial charge in [0.15, 0.2) is 0 Å². The van der Waals surface area contributed by atoms with Crippen molar-refractivity contribution in [1.82, 2.24) is 20.2 Å². The third kappa shape index (κ3) is 3.17. The van der Waals surface area contributed by atoms with Gasteiger partial charge >= 0.3 is 0 Å². The molecule has 0 bridgehead atoms. The van der Waals surface area contributed by atoms with Crippen molar-refractivity contribution in [2.75, 3.05) is 0 Å². The second-order valence-corrected chi connectivity index (χ2v) is 6.04. The number of aromatic nitrogens is 4. The lowest BCUT2D eigenvalue weighted by molar-refractivity contribution is 0.617. The molecule has 3 rings (SSSR count). The molecule has 4 nitrogen and oxygen atoms in total. The van der Waals surface area contributed by atoms with Gasteiger partial charge in [-0.3, -0.25) is 0 Å². The van der Waals surface area contributed by atoms with Crippen LogP contribution in [0.4, 0.5) is 4.39 Å². The van der Waals surface area contributed by atoms with Crippen molar-refractivity contribution in [1.29, 1.82) is 0 Å². The Hall–Kier alpha value is -2.21. The maximum Gasteiger partial charge on any atom is 0.214 e. The van der Waals surface area contributed by atoms with Crippen molar-refractivity contribution in [3.05, 3.63) is 65.0 Å². The van der Waals surface area contributed by atoms with Crippen molar-refractivity contribution in [2.24, 2.45) is 0 Å². The van der Waals surface area contributed by atoms with E-state index < -0.39 is 0 Å². The first-order valence-electron chi connectivity index (χ1n) is 6.87. The quantitative estimate of drug-likeness (QED) is 0.689. The highest BCUT2D eigenvalue weighted by Crippen LogP contribution is 2.24. The molecular formula is C16H15FN4S. The first-order valence-corrected chi connectivity index (χ1v) is 7.85. The Morgan fingerprint density at radius 3 is 2.55 bits per heavy atom. The smallest absolute Gasteiger partial charge is 0.207 e. The molecule has 0 aliphatic heterocycles. The van der Waals surface area contributed by atoms with Crippen LogP contribution in [-0.2, 0) is 5.75 Å². The molecule has 0 N–H and O–H groups in total. The largest absolute Gasteiger partial charge is 0.214 e. The van der Waals surface area contributed by atoms with Crippen LogP contribution in [0.25, 0.3) is 5.69 Å². The Morgan fingerprint density at radius 1 is 1.09 bits per heavy atom. The first-order chi connectivity index (χ1) is 10.6. The number of hydrogen-bond acceptors (Lipinski definition) is 4. The molecule has 0 radical (unpaired) electrons. The normalized spacial score (nSPS) is 10.9. The van der Waals surface area contributed by atoms with Gasteiger partial charge in [-0.1, -0.05) is 36.0 Å². The molecule has 0 atom stereocenters. The number of aryl methyl sites for hydroxylation is 2. The van der Waals surface area contributed by atoms with E-state index in [2.05, 4.69) is 21.6 Å². The van der Waals surface area contributed by atoms with Gasteiger partial charge in [-0.25, -0.2) is 4.39 Å². The third-order valence-corrected chi connectivity index (χ3v) is 4.17. The van der Waals surface area contributed by atoms with Gasteiger partial charge < -0.3 is 0 Å². The lowest BCUT2D eigenvalue weighted by Gasteiger charge is -2.07. The van der Waals surface area contributed by atoms with E-state index in [1.807, 2.05) is 32.0 Å². The van der Waals surface area contributed by atoms with Crippen LogP contribution in [0.3, 0.4) is 0 Å². The molecule has 0 aliphatic rings. The first kappa shape index (κ1) is 14.7. The second-order valence-electron chi connectivity index (χ2n) is 5.10. The average Bonchev–Trinajstić information content (AvgIpc) is 2.94. The van der Waals surface area contributed by atoms with Crippen LogP contribution in [0.5, 0.6) is 0 Å². The standard InChI is InChI=1S/C16H15FN4S/c1-11-7-12(2)9-14(8-11)21-16(18-19-20-21)22-10-13-5-3-4-6-15(13)17/h3-9H,10H2,1-2H3. The van der Waals surface area contributed by atoms with Crippen LogP contribution < -0.4 is 0 Å². The maximum atomic E-state index is 13.7. The van der Waals surface area contributed by atoms with Crippen LogP contribution in [0.1, 0.15) is 16.7 Å². The van der Waals surface area contributed by atoms with Crippen LogP contribution >= 0.6 is 11.8 Å². The summed E-state index contributed by atoms with van der Waals surface area (Å²) in [7, 11) is 0. The topological polar surface area (TPSA) is 43.6 Å². The van der Waals surface area contributed by atoms with Crippen molar-refractivity contribution < 1.29 is 4.39 Å². The summed E-state index contributed by atoms with van der Waals surface area (Å²) in [5.74, 6) is 0.276. The minimum absolute atomic E-state index is 0.208. The number of halogens is 1. The molecule has 0 saturated carbocycles. The van der Waals surface area contributed by atoms with Gasteiger partial charge in [0.1, 0.15) is 5.82 Å². The van der Waals surface area contributed by atoms with Crippen molar-refractivity contribution in [3.8, 4) is 5.69 Å². The molecule has 1 aromatic heterocycles. The fourth-order valence-corrected chi connectivity index (χ4v) is 3.14. The zero-order chi connectivity index (χ0) is 15.5. The van der Waals surface area contributed by atoms with E-state index in [1.165, 1.54) is 17.8 Å². The summed E-state index contributed by atoms with van der Waals surface area (Å²) in [5.41, 5.74) is 3.85. The zero-order valence-corrected chi connectivity index (χ0v) is 13.1. The minimum Gasteiger partial charge on any atom is -0.207 e. The van der Waals surface area contributed by atoms with Gasteiger partial charge in [0.05, 0.1) is 5.69 Å². The van der Waals surface area contributed by atoms with E-state index in [9.17, 15) is 4.39 Å². The minimum atomic E-state index is -0.208. The summed E-state index contributed by atoms with van der Waals surface area (Å²) in [5, 5.41) is 12.5. The Kier molecular flexibility index (Phi) is 4.20. The summed E-state index contributed by atoms with van der Waals surface area (Å²) in [4.78, 5) is 0. The number of thioether (sulfide) groups is 1. The molecule has 0 spiro atoms. The molecule has 3 aromatic rings. The van der Waals surface area contributed by atoms with Crippen LogP contribution in [0, 0.1) is 19.7 Å². The number of hydrogen-bond donors (Lipinski definition) is 0. The molecule has 6 heteroatoms. The Labute approximate surface area is 132 Å². The molecule has 0 aliphatic carbocycles. The van der Waals surface area contributed by atoms with Crippen LogP contribution in [-0.4, -0.2) is 20.2 Å². The SMILES string of the molecule is Cc1cc(C)cc(-n2nnnc2SCc2ccccc2F)c1. The third-order valence-electron chi connectivity index (χ3n) is 3.21. The summed E-state index contributed by atoms with van der Waals surface area (Å²) in [6, 6.07) is 12.9. The number of benzene rings is 2. The lowest BCUT2D eigenvalue weighted by Crippen LogP contribution is -2.00.